The van der Waals surface area contributed by atoms with E-state index >= 15 is 0 Å². The van der Waals surface area contributed by atoms with Crippen LogP contribution in [0.1, 0.15) is 30.9 Å². The highest BCUT2D eigenvalue weighted by atomic mass is 32.2. The van der Waals surface area contributed by atoms with E-state index in [4.69, 9.17) is 4.74 Å². The van der Waals surface area contributed by atoms with Crippen LogP contribution in [0.15, 0.2) is 17.0 Å². The summed E-state index contributed by atoms with van der Waals surface area (Å²) in [5.74, 6) is 0.658. The molecule has 1 fully saturated rings. The van der Waals surface area contributed by atoms with E-state index in [2.05, 4.69) is 0 Å². The number of hydrogen-bond acceptors (Lipinski definition) is 4. The summed E-state index contributed by atoms with van der Waals surface area (Å²) < 4.78 is 32.3. The lowest BCUT2D eigenvalue weighted by Crippen LogP contribution is -2.45. The van der Waals surface area contributed by atoms with Gasteiger partial charge in [-0.3, -0.25) is 0 Å². The van der Waals surface area contributed by atoms with Gasteiger partial charge in [0.2, 0.25) is 10.0 Å². The molecule has 5 nitrogen and oxygen atoms in total. The highest BCUT2D eigenvalue weighted by molar-refractivity contribution is 7.89. The van der Waals surface area contributed by atoms with Gasteiger partial charge in [0.15, 0.2) is 0 Å². The molecule has 1 aromatic rings. The van der Waals surface area contributed by atoms with Crippen molar-refractivity contribution < 1.29 is 18.3 Å². The highest BCUT2D eigenvalue weighted by Crippen LogP contribution is 2.31. The van der Waals surface area contributed by atoms with Gasteiger partial charge >= 0.3 is 0 Å². The minimum absolute atomic E-state index is 0.347. The second kappa shape index (κ2) is 5.59. The topological polar surface area (TPSA) is 66.8 Å². The first kappa shape index (κ1) is 16.3. The summed E-state index contributed by atoms with van der Waals surface area (Å²) in [5, 5.41) is 9.97. The zero-order chi connectivity index (χ0) is 15.8. The standard InChI is InChI=1S/C15H23NO4S/c1-11-9-13(20-4)10-12(2)14(11)21(18,19)16-7-5-15(3,17)6-8-16/h9-10,17H,5-8H2,1-4H3. The van der Waals surface area contributed by atoms with Crippen LogP contribution in [-0.4, -0.2) is 43.6 Å². The van der Waals surface area contributed by atoms with E-state index in [1.807, 2.05) is 0 Å². The third-order valence-electron chi connectivity index (χ3n) is 4.07. The van der Waals surface area contributed by atoms with Crippen LogP contribution in [0, 0.1) is 13.8 Å². The van der Waals surface area contributed by atoms with Crippen LogP contribution in [-0.2, 0) is 10.0 Å². The molecule has 1 heterocycles. The number of rotatable bonds is 3. The predicted octanol–water partition coefficient (Wildman–Crippen LogP) is 1.85. The molecule has 21 heavy (non-hydrogen) atoms. The van der Waals surface area contributed by atoms with Crippen molar-refractivity contribution in [3.05, 3.63) is 23.3 Å². The number of aryl methyl sites for hydroxylation is 2. The molecular formula is C15H23NO4S. The molecule has 118 valence electrons. The van der Waals surface area contributed by atoms with Gasteiger partial charge < -0.3 is 9.84 Å². The maximum Gasteiger partial charge on any atom is 0.243 e. The summed E-state index contributed by atoms with van der Waals surface area (Å²) in [6.07, 6.45) is 0.918. The van der Waals surface area contributed by atoms with Crippen molar-refractivity contribution >= 4 is 10.0 Å². The lowest BCUT2D eigenvalue weighted by Gasteiger charge is -2.35. The molecule has 1 aliphatic rings. The van der Waals surface area contributed by atoms with Crippen LogP contribution in [0.5, 0.6) is 5.75 Å². The zero-order valence-corrected chi connectivity index (χ0v) is 13.8. The second-order valence-electron chi connectivity index (χ2n) is 5.99. The highest BCUT2D eigenvalue weighted by Gasteiger charge is 2.35. The minimum Gasteiger partial charge on any atom is -0.497 e. The van der Waals surface area contributed by atoms with Crippen molar-refractivity contribution in [2.75, 3.05) is 20.2 Å². The average molecular weight is 313 g/mol. The number of hydrogen-bond donors (Lipinski definition) is 1. The molecule has 1 saturated heterocycles. The van der Waals surface area contributed by atoms with Gasteiger partial charge in [-0.2, -0.15) is 4.31 Å². The number of benzene rings is 1. The molecule has 0 radical (unpaired) electrons. The molecule has 0 unspecified atom stereocenters. The lowest BCUT2D eigenvalue weighted by atomic mass is 9.95. The fraction of sp³-hybridized carbons (Fsp3) is 0.600. The van der Waals surface area contributed by atoms with Gasteiger partial charge in [0.1, 0.15) is 5.75 Å². The average Bonchev–Trinajstić information content (AvgIpc) is 2.36. The van der Waals surface area contributed by atoms with Gasteiger partial charge in [0.05, 0.1) is 17.6 Å². The molecule has 0 atom stereocenters. The molecule has 0 aliphatic carbocycles. The fourth-order valence-electron chi connectivity index (χ4n) is 2.77. The van der Waals surface area contributed by atoms with Crippen LogP contribution in [0.4, 0.5) is 0 Å². The summed E-state index contributed by atoms with van der Waals surface area (Å²) in [7, 11) is -1.97. The van der Waals surface area contributed by atoms with Crippen LogP contribution in [0.3, 0.4) is 0 Å². The third kappa shape index (κ3) is 3.22. The molecule has 0 amide bonds. The summed E-state index contributed by atoms with van der Waals surface area (Å²) >= 11 is 0. The fourth-order valence-corrected chi connectivity index (χ4v) is 4.63. The Morgan fingerprint density at radius 2 is 1.67 bits per heavy atom. The Morgan fingerprint density at radius 3 is 2.10 bits per heavy atom. The maximum atomic E-state index is 12.8. The summed E-state index contributed by atoms with van der Waals surface area (Å²) in [5.41, 5.74) is 0.601. The zero-order valence-electron chi connectivity index (χ0n) is 13.0. The van der Waals surface area contributed by atoms with E-state index in [1.54, 1.807) is 40.0 Å². The molecule has 0 aromatic heterocycles. The molecular weight excluding hydrogens is 290 g/mol. The summed E-state index contributed by atoms with van der Waals surface area (Å²) in [6, 6.07) is 3.47. The number of methoxy groups -OCH3 is 1. The van der Waals surface area contributed by atoms with Gasteiger partial charge in [-0.1, -0.05) is 0 Å². The van der Waals surface area contributed by atoms with Crippen LogP contribution >= 0.6 is 0 Å². The Labute approximate surface area is 126 Å². The Balaban J connectivity index is 2.37. The normalized spacial score (nSPS) is 19.5. The van der Waals surface area contributed by atoms with Crippen molar-refractivity contribution in [2.24, 2.45) is 0 Å². The number of ether oxygens (including phenoxy) is 1. The lowest BCUT2D eigenvalue weighted by molar-refractivity contribution is 0.0126. The van der Waals surface area contributed by atoms with Crippen molar-refractivity contribution in [1.82, 2.24) is 4.31 Å². The molecule has 0 bridgehead atoms. The molecule has 1 N–H and O–H groups in total. The van der Waals surface area contributed by atoms with E-state index < -0.39 is 15.6 Å². The Hall–Kier alpha value is -1.11. The van der Waals surface area contributed by atoms with Crippen molar-refractivity contribution in [2.45, 2.75) is 44.1 Å². The van der Waals surface area contributed by atoms with Crippen molar-refractivity contribution in [3.63, 3.8) is 0 Å². The molecule has 0 spiro atoms. The van der Waals surface area contributed by atoms with E-state index in [9.17, 15) is 13.5 Å². The third-order valence-corrected chi connectivity index (χ3v) is 6.27. The van der Waals surface area contributed by atoms with Gasteiger partial charge in [-0.05, 0) is 56.9 Å². The quantitative estimate of drug-likeness (QED) is 0.925. The van der Waals surface area contributed by atoms with Crippen molar-refractivity contribution in [1.29, 1.82) is 0 Å². The van der Waals surface area contributed by atoms with Gasteiger partial charge in [0.25, 0.3) is 0 Å². The Bertz CT molecular complexity index is 604. The monoisotopic (exact) mass is 313 g/mol. The number of sulfonamides is 1. The van der Waals surface area contributed by atoms with E-state index in [-0.39, 0.29) is 0 Å². The summed E-state index contributed by atoms with van der Waals surface area (Å²) in [4.78, 5) is 0.352. The second-order valence-corrected chi connectivity index (χ2v) is 7.87. The Morgan fingerprint density at radius 1 is 1.19 bits per heavy atom. The van der Waals surface area contributed by atoms with Gasteiger partial charge in [-0.15, -0.1) is 0 Å². The maximum absolute atomic E-state index is 12.8. The van der Waals surface area contributed by atoms with Gasteiger partial charge in [-0.25, -0.2) is 8.42 Å². The largest absolute Gasteiger partial charge is 0.497 e. The predicted molar refractivity (Wildman–Crippen MR) is 81.1 cm³/mol. The summed E-state index contributed by atoms with van der Waals surface area (Å²) in [6.45, 7) is 6.01. The minimum atomic E-state index is -3.53. The smallest absolute Gasteiger partial charge is 0.243 e. The van der Waals surface area contributed by atoms with E-state index in [0.717, 1.165) is 0 Å². The first-order valence-electron chi connectivity index (χ1n) is 7.05. The number of aliphatic hydroxyl groups is 1. The van der Waals surface area contributed by atoms with Crippen LogP contribution in [0.25, 0.3) is 0 Å². The first-order chi connectivity index (χ1) is 9.67. The number of piperidine rings is 1. The van der Waals surface area contributed by atoms with E-state index in [0.29, 0.717) is 47.7 Å². The molecule has 1 aliphatic heterocycles. The molecule has 0 saturated carbocycles. The number of nitrogens with zero attached hydrogens (tertiary/aromatic N) is 1. The molecule has 1 aromatic carbocycles. The van der Waals surface area contributed by atoms with Crippen LogP contribution in [0.2, 0.25) is 0 Å². The van der Waals surface area contributed by atoms with Gasteiger partial charge in [0, 0.05) is 13.1 Å². The first-order valence-corrected chi connectivity index (χ1v) is 8.49. The van der Waals surface area contributed by atoms with E-state index in [1.165, 1.54) is 4.31 Å². The Kier molecular flexibility index (Phi) is 4.33. The van der Waals surface area contributed by atoms with Crippen LogP contribution < -0.4 is 4.74 Å². The SMILES string of the molecule is COc1cc(C)c(S(=O)(=O)N2CCC(C)(O)CC2)c(C)c1. The van der Waals surface area contributed by atoms with Crippen molar-refractivity contribution in [3.8, 4) is 5.75 Å². The molecule has 2 rings (SSSR count). The molecule has 6 heteroatoms.